The molecule has 0 aromatic heterocycles. The van der Waals surface area contributed by atoms with Gasteiger partial charge < -0.3 is 16.0 Å². The van der Waals surface area contributed by atoms with Crippen LogP contribution in [0.3, 0.4) is 0 Å². The first-order valence-electron chi connectivity index (χ1n) is 7.59. The SMILES string of the molecule is CCNC(=O)CCCCNC(=S)NC(C)(C)CC(C)C. The van der Waals surface area contributed by atoms with Gasteiger partial charge in [-0.15, -0.1) is 0 Å². The summed E-state index contributed by atoms with van der Waals surface area (Å²) < 4.78 is 0. The highest BCUT2D eigenvalue weighted by Crippen LogP contribution is 2.15. The van der Waals surface area contributed by atoms with E-state index in [1.807, 2.05) is 6.92 Å². The Balaban J connectivity index is 3.71. The van der Waals surface area contributed by atoms with Crippen LogP contribution in [-0.2, 0) is 4.79 Å². The van der Waals surface area contributed by atoms with Crippen LogP contribution in [0.1, 0.15) is 60.3 Å². The topological polar surface area (TPSA) is 53.2 Å². The van der Waals surface area contributed by atoms with Crippen LogP contribution in [0.2, 0.25) is 0 Å². The Hall–Kier alpha value is -0.840. The monoisotopic (exact) mass is 301 g/mol. The lowest BCUT2D eigenvalue weighted by Crippen LogP contribution is -2.49. The lowest BCUT2D eigenvalue weighted by atomic mass is 9.93. The average molecular weight is 302 g/mol. The van der Waals surface area contributed by atoms with Gasteiger partial charge in [-0.2, -0.15) is 0 Å². The zero-order valence-electron chi connectivity index (χ0n) is 13.6. The summed E-state index contributed by atoms with van der Waals surface area (Å²) in [4.78, 5) is 11.3. The van der Waals surface area contributed by atoms with Crippen molar-refractivity contribution in [2.24, 2.45) is 5.92 Å². The van der Waals surface area contributed by atoms with Crippen molar-refractivity contribution in [2.45, 2.75) is 65.8 Å². The molecule has 5 heteroatoms. The van der Waals surface area contributed by atoms with Crippen molar-refractivity contribution in [3.8, 4) is 0 Å². The molecule has 4 nitrogen and oxygen atoms in total. The van der Waals surface area contributed by atoms with Crippen molar-refractivity contribution in [3.63, 3.8) is 0 Å². The summed E-state index contributed by atoms with van der Waals surface area (Å²) in [5.74, 6) is 0.767. The Morgan fingerprint density at radius 1 is 1.20 bits per heavy atom. The molecule has 0 aliphatic carbocycles. The molecule has 0 aliphatic heterocycles. The molecule has 0 radical (unpaired) electrons. The highest BCUT2D eigenvalue weighted by Gasteiger charge is 2.19. The fraction of sp³-hybridized carbons (Fsp3) is 0.867. The fourth-order valence-electron chi connectivity index (χ4n) is 2.32. The van der Waals surface area contributed by atoms with E-state index >= 15 is 0 Å². The van der Waals surface area contributed by atoms with E-state index in [1.54, 1.807) is 0 Å². The summed E-state index contributed by atoms with van der Waals surface area (Å²) in [6.45, 7) is 12.2. The third-order valence-corrected chi connectivity index (χ3v) is 3.11. The number of carbonyl (C=O) groups excluding carboxylic acids is 1. The number of nitrogens with one attached hydrogen (secondary N) is 3. The van der Waals surface area contributed by atoms with Gasteiger partial charge in [0.05, 0.1) is 0 Å². The van der Waals surface area contributed by atoms with Crippen molar-refractivity contribution in [2.75, 3.05) is 13.1 Å². The molecule has 0 aliphatic rings. The zero-order valence-corrected chi connectivity index (χ0v) is 14.5. The van der Waals surface area contributed by atoms with E-state index in [9.17, 15) is 4.79 Å². The van der Waals surface area contributed by atoms with Crippen molar-refractivity contribution in [1.82, 2.24) is 16.0 Å². The Morgan fingerprint density at radius 2 is 1.85 bits per heavy atom. The normalized spacial score (nSPS) is 11.3. The Bertz CT molecular complexity index is 303. The second-order valence-corrected chi connectivity index (χ2v) is 6.68. The van der Waals surface area contributed by atoms with Crippen LogP contribution in [0.4, 0.5) is 0 Å². The number of thiocarbonyl (C=S) groups is 1. The highest BCUT2D eigenvalue weighted by atomic mass is 32.1. The fourth-order valence-corrected chi connectivity index (χ4v) is 2.70. The Kier molecular flexibility index (Phi) is 9.55. The minimum Gasteiger partial charge on any atom is -0.363 e. The molecule has 0 saturated carbocycles. The van der Waals surface area contributed by atoms with E-state index in [0.717, 1.165) is 25.8 Å². The van der Waals surface area contributed by atoms with Crippen LogP contribution in [0.15, 0.2) is 0 Å². The summed E-state index contributed by atoms with van der Waals surface area (Å²) in [6.07, 6.45) is 3.50. The lowest BCUT2D eigenvalue weighted by molar-refractivity contribution is -0.121. The first-order valence-corrected chi connectivity index (χ1v) is 8.00. The molecule has 3 N–H and O–H groups in total. The maximum atomic E-state index is 11.3. The average Bonchev–Trinajstić information content (AvgIpc) is 2.26. The molecule has 0 unspecified atom stereocenters. The van der Waals surface area contributed by atoms with E-state index in [0.29, 0.717) is 24.0 Å². The molecule has 0 bridgehead atoms. The molecule has 0 saturated heterocycles. The van der Waals surface area contributed by atoms with Crippen LogP contribution >= 0.6 is 12.2 Å². The predicted octanol–water partition coefficient (Wildman–Crippen LogP) is 2.58. The predicted molar refractivity (Wildman–Crippen MR) is 89.8 cm³/mol. The second-order valence-electron chi connectivity index (χ2n) is 6.27. The van der Waals surface area contributed by atoms with E-state index in [-0.39, 0.29) is 11.4 Å². The van der Waals surface area contributed by atoms with Gasteiger partial charge in [-0.05, 0) is 58.2 Å². The van der Waals surface area contributed by atoms with Gasteiger partial charge in [0.1, 0.15) is 0 Å². The first-order chi connectivity index (χ1) is 9.26. The maximum absolute atomic E-state index is 11.3. The second kappa shape index (κ2) is 9.97. The summed E-state index contributed by atoms with van der Waals surface area (Å²) in [7, 11) is 0. The van der Waals surface area contributed by atoms with E-state index in [2.05, 4.69) is 43.6 Å². The van der Waals surface area contributed by atoms with Crippen LogP contribution in [0.25, 0.3) is 0 Å². The summed E-state index contributed by atoms with van der Waals surface area (Å²) >= 11 is 5.30. The number of hydrogen-bond donors (Lipinski definition) is 3. The summed E-state index contributed by atoms with van der Waals surface area (Å²) in [5.41, 5.74) is 0.0132. The number of hydrogen-bond acceptors (Lipinski definition) is 2. The van der Waals surface area contributed by atoms with E-state index in [4.69, 9.17) is 12.2 Å². The van der Waals surface area contributed by atoms with Crippen LogP contribution in [0.5, 0.6) is 0 Å². The Labute approximate surface area is 129 Å². The van der Waals surface area contributed by atoms with E-state index < -0.39 is 0 Å². The maximum Gasteiger partial charge on any atom is 0.219 e. The minimum atomic E-state index is 0.0132. The van der Waals surface area contributed by atoms with E-state index in [1.165, 1.54) is 0 Å². The van der Waals surface area contributed by atoms with Gasteiger partial charge in [0.25, 0.3) is 0 Å². The van der Waals surface area contributed by atoms with Gasteiger partial charge in [-0.25, -0.2) is 0 Å². The smallest absolute Gasteiger partial charge is 0.219 e. The molecule has 0 aromatic carbocycles. The van der Waals surface area contributed by atoms with Gasteiger partial charge in [0.15, 0.2) is 5.11 Å². The summed E-state index contributed by atoms with van der Waals surface area (Å²) in [6, 6.07) is 0. The molecule has 0 atom stereocenters. The molecule has 1 amide bonds. The molecule has 118 valence electrons. The number of carbonyl (C=O) groups is 1. The third kappa shape index (κ3) is 11.0. The highest BCUT2D eigenvalue weighted by molar-refractivity contribution is 7.80. The molecule has 0 spiro atoms. The van der Waals surface area contributed by atoms with Crippen molar-refractivity contribution in [3.05, 3.63) is 0 Å². The van der Waals surface area contributed by atoms with Crippen LogP contribution < -0.4 is 16.0 Å². The minimum absolute atomic E-state index is 0.0132. The molecular weight excluding hydrogens is 270 g/mol. The number of unbranched alkanes of at least 4 members (excludes halogenated alkanes) is 1. The quantitative estimate of drug-likeness (QED) is 0.452. The largest absolute Gasteiger partial charge is 0.363 e. The first kappa shape index (κ1) is 19.2. The van der Waals surface area contributed by atoms with Crippen molar-refractivity contribution < 1.29 is 4.79 Å². The number of rotatable bonds is 9. The zero-order chi connectivity index (χ0) is 15.6. The van der Waals surface area contributed by atoms with Crippen molar-refractivity contribution >= 4 is 23.2 Å². The molecule has 20 heavy (non-hydrogen) atoms. The molecule has 0 rings (SSSR count). The van der Waals surface area contributed by atoms with Gasteiger partial charge in [0, 0.05) is 25.0 Å². The van der Waals surface area contributed by atoms with Crippen LogP contribution in [-0.4, -0.2) is 29.6 Å². The standard InChI is InChI=1S/C15H31N3OS/c1-6-16-13(19)9-7-8-10-17-14(20)18-15(4,5)11-12(2)3/h12H,6-11H2,1-5H3,(H,16,19)(H2,17,18,20). The number of amides is 1. The van der Waals surface area contributed by atoms with Gasteiger partial charge in [-0.1, -0.05) is 13.8 Å². The van der Waals surface area contributed by atoms with Crippen molar-refractivity contribution in [1.29, 1.82) is 0 Å². The molecule has 0 heterocycles. The van der Waals surface area contributed by atoms with Gasteiger partial charge >= 0.3 is 0 Å². The lowest BCUT2D eigenvalue weighted by Gasteiger charge is -2.29. The van der Waals surface area contributed by atoms with Crippen LogP contribution in [0, 0.1) is 5.92 Å². The molecule has 0 aromatic rings. The third-order valence-electron chi connectivity index (χ3n) is 2.86. The molecular formula is C15H31N3OS. The summed E-state index contributed by atoms with van der Waals surface area (Å²) in [5, 5.41) is 10.1. The molecule has 0 fully saturated rings. The Morgan fingerprint density at radius 3 is 2.40 bits per heavy atom. The van der Waals surface area contributed by atoms with Gasteiger partial charge in [0.2, 0.25) is 5.91 Å². The van der Waals surface area contributed by atoms with Gasteiger partial charge in [-0.3, -0.25) is 4.79 Å².